The average molecular weight is 204 g/mol. The van der Waals surface area contributed by atoms with Crippen molar-refractivity contribution in [1.82, 2.24) is 0 Å². The van der Waals surface area contributed by atoms with Crippen LogP contribution in [-0.2, 0) is 0 Å². The van der Waals surface area contributed by atoms with Crippen LogP contribution < -0.4 is 11.1 Å². The Balaban J connectivity index is 2.05. The lowest BCUT2D eigenvalue weighted by atomic mass is 10.0. The molecule has 1 saturated carbocycles. The number of nitrogen functional groups attached to an aromatic ring is 1. The summed E-state index contributed by atoms with van der Waals surface area (Å²) >= 11 is 0. The Morgan fingerprint density at radius 2 is 2.13 bits per heavy atom. The smallest absolute Gasteiger partial charge is 0.0603 e. The van der Waals surface area contributed by atoms with Gasteiger partial charge < -0.3 is 11.1 Å². The maximum atomic E-state index is 5.95. The van der Waals surface area contributed by atoms with Gasteiger partial charge in [0.2, 0.25) is 0 Å². The molecule has 3 N–H and O–H groups in total. The van der Waals surface area contributed by atoms with E-state index in [1.54, 1.807) is 0 Å². The average Bonchev–Trinajstić information content (AvgIpc) is 2.98. The van der Waals surface area contributed by atoms with Crippen molar-refractivity contribution < 1.29 is 0 Å². The maximum absolute atomic E-state index is 5.95. The van der Waals surface area contributed by atoms with Gasteiger partial charge in [0.05, 0.1) is 11.4 Å². The molecule has 2 heteroatoms. The molecule has 1 aliphatic carbocycles. The summed E-state index contributed by atoms with van der Waals surface area (Å²) in [5, 5.41) is 3.51. The Morgan fingerprint density at radius 3 is 2.67 bits per heavy atom. The van der Waals surface area contributed by atoms with Crippen molar-refractivity contribution in [2.24, 2.45) is 5.41 Å². The second-order valence-electron chi connectivity index (χ2n) is 4.75. The van der Waals surface area contributed by atoms with Gasteiger partial charge in [-0.1, -0.05) is 19.1 Å². The minimum atomic E-state index is 0.564. The quantitative estimate of drug-likeness (QED) is 0.739. The van der Waals surface area contributed by atoms with E-state index in [0.717, 1.165) is 17.9 Å². The highest BCUT2D eigenvalue weighted by molar-refractivity contribution is 5.69. The molecule has 0 bridgehead atoms. The number of benzene rings is 1. The van der Waals surface area contributed by atoms with Crippen molar-refractivity contribution in [3.63, 3.8) is 0 Å². The monoisotopic (exact) mass is 204 g/mol. The van der Waals surface area contributed by atoms with Gasteiger partial charge in [0.1, 0.15) is 0 Å². The van der Waals surface area contributed by atoms with E-state index >= 15 is 0 Å². The zero-order chi connectivity index (χ0) is 10.9. The summed E-state index contributed by atoms with van der Waals surface area (Å²) in [5.41, 5.74) is 9.74. The molecule has 0 saturated heterocycles. The van der Waals surface area contributed by atoms with E-state index < -0.39 is 0 Å². The predicted octanol–water partition coefficient (Wildman–Crippen LogP) is 3.18. The molecule has 0 aromatic heterocycles. The molecule has 1 fully saturated rings. The summed E-state index contributed by atoms with van der Waals surface area (Å²) in [6.45, 7) is 5.44. The minimum Gasteiger partial charge on any atom is -0.397 e. The van der Waals surface area contributed by atoms with Crippen LogP contribution in [0, 0.1) is 12.3 Å². The van der Waals surface area contributed by atoms with Crippen molar-refractivity contribution in [3.8, 4) is 0 Å². The molecule has 0 amide bonds. The summed E-state index contributed by atoms with van der Waals surface area (Å²) < 4.78 is 0. The zero-order valence-corrected chi connectivity index (χ0v) is 9.64. The SMILES string of the molecule is CCC1(CNc2c(C)cccc2N)CC1. The number of nitrogens with two attached hydrogens (primary N) is 1. The van der Waals surface area contributed by atoms with Gasteiger partial charge in [-0.15, -0.1) is 0 Å². The molecule has 0 spiro atoms. The van der Waals surface area contributed by atoms with E-state index in [1.165, 1.54) is 24.8 Å². The Labute approximate surface area is 91.9 Å². The standard InChI is InChI=1S/C13H20N2/c1-3-13(7-8-13)9-15-12-10(2)5-4-6-11(12)14/h4-6,15H,3,7-9,14H2,1-2H3. The molecule has 0 radical (unpaired) electrons. The lowest BCUT2D eigenvalue weighted by Gasteiger charge is -2.17. The van der Waals surface area contributed by atoms with Crippen LogP contribution in [-0.4, -0.2) is 6.54 Å². The highest BCUT2D eigenvalue weighted by Crippen LogP contribution is 2.48. The maximum Gasteiger partial charge on any atom is 0.0603 e. The summed E-state index contributed by atoms with van der Waals surface area (Å²) in [4.78, 5) is 0. The molecule has 15 heavy (non-hydrogen) atoms. The van der Waals surface area contributed by atoms with Gasteiger partial charge in [0, 0.05) is 6.54 Å². The van der Waals surface area contributed by atoms with Crippen LogP contribution in [0.1, 0.15) is 31.7 Å². The van der Waals surface area contributed by atoms with Crippen LogP contribution in [0.5, 0.6) is 0 Å². The molecule has 1 aliphatic rings. The number of nitrogens with one attached hydrogen (secondary N) is 1. The number of para-hydroxylation sites is 1. The number of aryl methyl sites for hydroxylation is 1. The largest absolute Gasteiger partial charge is 0.397 e. The van der Waals surface area contributed by atoms with E-state index in [0.29, 0.717) is 5.41 Å². The Morgan fingerprint density at radius 1 is 1.40 bits per heavy atom. The van der Waals surface area contributed by atoms with E-state index in [1.807, 2.05) is 12.1 Å². The molecule has 2 nitrogen and oxygen atoms in total. The molecule has 0 aliphatic heterocycles. The zero-order valence-electron chi connectivity index (χ0n) is 9.64. The molecule has 1 aromatic rings. The van der Waals surface area contributed by atoms with Crippen LogP contribution in [0.4, 0.5) is 11.4 Å². The van der Waals surface area contributed by atoms with E-state index in [9.17, 15) is 0 Å². The van der Waals surface area contributed by atoms with E-state index in [2.05, 4.69) is 25.2 Å². The van der Waals surface area contributed by atoms with Crippen LogP contribution in [0.25, 0.3) is 0 Å². The Bertz CT molecular complexity index is 333. The van der Waals surface area contributed by atoms with Gasteiger partial charge >= 0.3 is 0 Å². The normalized spacial score (nSPS) is 17.5. The highest BCUT2D eigenvalue weighted by atomic mass is 14.9. The molecular weight excluding hydrogens is 184 g/mol. The van der Waals surface area contributed by atoms with Gasteiger partial charge in [-0.2, -0.15) is 0 Å². The highest BCUT2D eigenvalue weighted by Gasteiger charge is 2.40. The lowest BCUT2D eigenvalue weighted by Crippen LogP contribution is -2.15. The van der Waals surface area contributed by atoms with Gasteiger partial charge in [-0.3, -0.25) is 0 Å². The van der Waals surface area contributed by atoms with Gasteiger partial charge in [0.25, 0.3) is 0 Å². The molecule has 2 rings (SSSR count). The first-order valence-electron chi connectivity index (χ1n) is 5.76. The summed E-state index contributed by atoms with van der Waals surface area (Å²) in [7, 11) is 0. The predicted molar refractivity (Wildman–Crippen MR) is 66.0 cm³/mol. The Hall–Kier alpha value is -1.18. The molecule has 0 atom stereocenters. The number of hydrogen-bond donors (Lipinski definition) is 2. The molecule has 0 heterocycles. The van der Waals surface area contributed by atoms with Crippen molar-refractivity contribution in [2.75, 3.05) is 17.6 Å². The van der Waals surface area contributed by atoms with Crippen LogP contribution >= 0.6 is 0 Å². The van der Waals surface area contributed by atoms with Gasteiger partial charge in [-0.05, 0) is 43.2 Å². The van der Waals surface area contributed by atoms with Crippen molar-refractivity contribution in [3.05, 3.63) is 23.8 Å². The second-order valence-corrected chi connectivity index (χ2v) is 4.75. The van der Waals surface area contributed by atoms with Gasteiger partial charge in [0.15, 0.2) is 0 Å². The third-order valence-electron chi connectivity index (χ3n) is 3.65. The fraction of sp³-hybridized carbons (Fsp3) is 0.538. The summed E-state index contributed by atoms with van der Waals surface area (Å²) in [6.07, 6.45) is 4.00. The first-order chi connectivity index (χ1) is 7.17. The van der Waals surface area contributed by atoms with Crippen LogP contribution in [0.3, 0.4) is 0 Å². The topological polar surface area (TPSA) is 38.0 Å². The third-order valence-corrected chi connectivity index (χ3v) is 3.65. The van der Waals surface area contributed by atoms with E-state index in [4.69, 9.17) is 5.73 Å². The van der Waals surface area contributed by atoms with Crippen molar-refractivity contribution in [2.45, 2.75) is 33.1 Å². The third kappa shape index (κ3) is 2.09. The minimum absolute atomic E-state index is 0.564. The lowest BCUT2D eigenvalue weighted by molar-refractivity contribution is 0.521. The Kier molecular flexibility index (Phi) is 2.59. The molecule has 0 unspecified atom stereocenters. The number of rotatable bonds is 4. The summed E-state index contributed by atoms with van der Waals surface area (Å²) in [6, 6.07) is 6.06. The first-order valence-corrected chi connectivity index (χ1v) is 5.76. The summed E-state index contributed by atoms with van der Waals surface area (Å²) in [5.74, 6) is 0. The fourth-order valence-electron chi connectivity index (χ4n) is 2.04. The molecule has 1 aromatic carbocycles. The number of anilines is 2. The molecule has 82 valence electrons. The van der Waals surface area contributed by atoms with E-state index in [-0.39, 0.29) is 0 Å². The van der Waals surface area contributed by atoms with Crippen molar-refractivity contribution in [1.29, 1.82) is 0 Å². The van der Waals surface area contributed by atoms with Crippen molar-refractivity contribution >= 4 is 11.4 Å². The fourth-order valence-corrected chi connectivity index (χ4v) is 2.04. The van der Waals surface area contributed by atoms with Gasteiger partial charge in [-0.25, -0.2) is 0 Å². The first kappa shape index (κ1) is 10.3. The van der Waals surface area contributed by atoms with Crippen LogP contribution in [0.2, 0.25) is 0 Å². The number of hydrogen-bond acceptors (Lipinski definition) is 2. The molecular formula is C13H20N2. The second kappa shape index (κ2) is 3.76. The van der Waals surface area contributed by atoms with Crippen LogP contribution in [0.15, 0.2) is 18.2 Å².